The molecule has 6 nitrogen and oxygen atoms in total. The zero-order chi connectivity index (χ0) is 18.3. The maximum Gasteiger partial charge on any atom is 0.200 e. The van der Waals surface area contributed by atoms with E-state index >= 15 is 0 Å². The van der Waals surface area contributed by atoms with Crippen LogP contribution in [-0.2, 0) is 4.74 Å². The third kappa shape index (κ3) is 2.78. The number of aromatic amines is 1. The molecule has 3 aromatic rings. The van der Waals surface area contributed by atoms with Crippen LogP contribution in [0.4, 0.5) is 5.69 Å². The van der Waals surface area contributed by atoms with E-state index in [-0.39, 0.29) is 23.0 Å². The molecule has 1 aromatic heterocycles. The number of hydrogen-bond acceptors (Lipinski definition) is 5. The molecule has 0 radical (unpaired) electrons. The van der Waals surface area contributed by atoms with Crippen molar-refractivity contribution < 1.29 is 19.7 Å². The van der Waals surface area contributed by atoms with Gasteiger partial charge in [-0.05, 0) is 30.7 Å². The van der Waals surface area contributed by atoms with E-state index in [1.807, 2.05) is 24.3 Å². The summed E-state index contributed by atoms with van der Waals surface area (Å²) in [4.78, 5) is 16.8. The van der Waals surface area contributed by atoms with E-state index in [4.69, 9.17) is 4.74 Å². The molecule has 1 saturated heterocycles. The fourth-order valence-corrected chi connectivity index (χ4v) is 3.48. The van der Waals surface area contributed by atoms with Gasteiger partial charge in [-0.1, -0.05) is 12.1 Å². The average molecular weight is 352 g/mol. The maximum absolute atomic E-state index is 11.8. The normalized spacial score (nSPS) is 14.7. The van der Waals surface area contributed by atoms with Crippen LogP contribution in [0.15, 0.2) is 36.4 Å². The lowest BCUT2D eigenvalue weighted by Crippen LogP contribution is -2.36. The predicted molar refractivity (Wildman–Crippen MR) is 100 cm³/mol. The number of phenols is 1. The molecule has 4 rings (SSSR count). The van der Waals surface area contributed by atoms with Crippen LogP contribution >= 0.6 is 0 Å². The molecule has 6 heteroatoms. The molecule has 1 aliphatic heterocycles. The molecule has 0 amide bonds. The first-order chi connectivity index (χ1) is 12.5. The van der Waals surface area contributed by atoms with Crippen molar-refractivity contribution in [2.24, 2.45) is 0 Å². The van der Waals surface area contributed by atoms with E-state index in [9.17, 15) is 15.0 Å². The summed E-state index contributed by atoms with van der Waals surface area (Å²) in [5.74, 6) is -0.312. The number of carbonyl (C=O) groups excluding carboxylic acids is 1. The topological polar surface area (TPSA) is 85.8 Å². The number of fused-ring (bicyclic) bond motifs is 1. The molecule has 134 valence electrons. The Kier molecular flexibility index (Phi) is 4.05. The van der Waals surface area contributed by atoms with Crippen LogP contribution in [0.3, 0.4) is 0 Å². The SMILES string of the molecule is CC(=O)c1c(O)[nH]c2cc(O)c(-c3ccc(N4CCOCC4)cc3)cc12. The first-order valence-electron chi connectivity index (χ1n) is 8.56. The Balaban J connectivity index is 1.74. The second-order valence-corrected chi connectivity index (χ2v) is 6.47. The first-order valence-corrected chi connectivity index (χ1v) is 8.56. The van der Waals surface area contributed by atoms with Crippen molar-refractivity contribution in [2.75, 3.05) is 31.2 Å². The lowest BCUT2D eigenvalue weighted by atomic mass is 10.00. The Hall–Kier alpha value is -2.99. The molecule has 0 bridgehead atoms. The summed E-state index contributed by atoms with van der Waals surface area (Å²) in [6, 6.07) is 11.2. The van der Waals surface area contributed by atoms with E-state index in [0.29, 0.717) is 16.5 Å². The number of morpholine rings is 1. The number of ether oxygens (including phenoxy) is 1. The van der Waals surface area contributed by atoms with Crippen molar-refractivity contribution in [3.63, 3.8) is 0 Å². The molecule has 26 heavy (non-hydrogen) atoms. The Morgan fingerprint density at radius 1 is 1.12 bits per heavy atom. The number of anilines is 1. The number of phenolic OH excluding ortho intramolecular Hbond substituents is 1. The number of nitrogens with one attached hydrogen (secondary N) is 1. The Morgan fingerprint density at radius 3 is 2.46 bits per heavy atom. The summed E-state index contributed by atoms with van der Waals surface area (Å²) < 4.78 is 5.38. The third-order valence-corrected chi connectivity index (χ3v) is 4.80. The lowest BCUT2D eigenvalue weighted by molar-refractivity contribution is 0.101. The Morgan fingerprint density at radius 2 is 1.81 bits per heavy atom. The monoisotopic (exact) mass is 352 g/mol. The number of hydrogen-bond donors (Lipinski definition) is 3. The minimum atomic E-state index is -0.229. The van der Waals surface area contributed by atoms with Gasteiger partial charge in [-0.25, -0.2) is 0 Å². The van der Waals surface area contributed by atoms with Crippen molar-refractivity contribution in [3.8, 4) is 22.8 Å². The quantitative estimate of drug-likeness (QED) is 0.630. The summed E-state index contributed by atoms with van der Waals surface area (Å²) in [5.41, 5.74) is 3.34. The minimum absolute atomic E-state index is 0.0907. The first kappa shape index (κ1) is 16.5. The standard InChI is InChI=1S/C20H20N2O4/c1-12(23)19-16-10-15(18(24)11-17(16)21-20(19)25)13-2-4-14(5-3-13)22-6-8-26-9-7-22/h2-5,10-11,21,24-25H,6-9H2,1H3. The summed E-state index contributed by atoms with van der Waals surface area (Å²) in [5, 5.41) is 21.0. The molecule has 1 fully saturated rings. The van der Waals surface area contributed by atoms with E-state index in [1.165, 1.54) is 13.0 Å². The minimum Gasteiger partial charge on any atom is -0.507 e. The van der Waals surface area contributed by atoms with Crippen LogP contribution in [0.1, 0.15) is 17.3 Å². The van der Waals surface area contributed by atoms with Gasteiger partial charge < -0.3 is 24.8 Å². The molecular weight excluding hydrogens is 332 g/mol. The molecule has 2 heterocycles. The highest BCUT2D eigenvalue weighted by atomic mass is 16.5. The lowest BCUT2D eigenvalue weighted by Gasteiger charge is -2.28. The largest absolute Gasteiger partial charge is 0.507 e. The Bertz CT molecular complexity index is 970. The van der Waals surface area contributed by atoms with Crippen LogP contribution in [0.2, 0.25) is 0 Å². The van der Waals surface area contributed by atoms with Gasteiger partial charge in [0, 0.05) is 35.8 Å². The highest BCUT2D eigenvalue weighted by Gasteiger charge is 2.18. The molecule has 0 atom stereocenters. The van der Waals surface area contributed by atoms with Crippen LogP contribution in [0.5, 0.6) is 11.6 Å². The molecule has 0 spiro atoms. The summed E-state index contributed by atoms with van der Waals surface area (Å²) >= 11 is 0. The van der Waals surface area contributed by atoms with Crippen LogP contribution in [0, 0.1) is 0 Å². The van der Waals surface area contributed by atoms with Crippen molar-refractivity contribution >= 4 is 22.4 Å². The zero-order valence-electron chi connectivity index (χ0n) is 14.5. The highest BCUT2D eigenvalue weighted by Crippen LogP contribution is 2.37. The van der Waals surface area contributed by atoms with Gasteiger partial charge in [0.15, 0.2) is 5.78 Å². The van der Waals surface area contributed by atoms with Crippen molar-refractivity contribution in [2.45, 2.75) is 6.92 Å². The number of rotatable bonds is 3. The van der Waals surface area contributed by atoms with Gasteiger partial charge in [-0.3, -0.25) is 4.79 Å². The van der Waals surface area contributed by atoms with E-state index in [2.05, 4.69) is 9.88 Å². The number of nitrogens with zero attached hydrogens (tertiary/aromatic N) is 1. The number of aromatic nitrogens is 1. The van der Waals surface area contributed by atoms with Gasteiger partial charge >= 0.3 is 0 Å². The van der Waals surface area contributed by atoms with Gasteiger partial charge in [0.1, 0.15) is 5.75 Å². The van der Waals surface area contributed by atoms with Gasteiger partial charge in [-0.2, -0.15) is 0 Å². The number of benzene rings is 2. The van der Waals surface area contributed by atoms with Crippen LogP contribution in [0.25, 0.3) is 22.0 Å². The van der Waals surface area contributed by atoms with Crippen molar-refractivity contribution in [3.05, 3.63) is 42.0 Å². The van der Waals surface area contributed by atoms with Crippen LogP contribution < -0.4 is 4.90 Å². The number of carbonyl (C=O) groups is 1. The fourth-order valence-electron chi connectivity index (χ4n) is 3.48. The smallest absolute Gasteiger partial charge is 0.200 e. The Labute approximate surface area is 150 Å². The molecular formula is C20H20N2O4. The maximum atomic E-state index is 11.8. The number of H-pyrrole nitrogens is 1. The van der Waals surface area contributed by atoms with E-state index in [0.717, 1.165) is 37.6 Å². The van der Waals surface area contributed by atoms with Gasteiger partial charge in [0.2, 0.25) is 5.88 Å². The van der Waals surface area contributed by atoms with Gasteiger partial charge in [-0.15, -0.1) is 0 Å². The average Bonchev–Trinajstić information content (AvgIpc) is 2.96. The number of aromatic hydroxyl groups is 2. The number of ketones is 1. The second-order valence-electron chi connectivity index (χ2n) is 6.47. The molecule has 3 N–H and O–H groups in total. The highest BCUT2D eigenvalue weighted by molar-refractivity contribution is 6.10. The summed E-state index contributed by atoms with van der Waals surface area (Å²) in [6.45, 7) is 4.59. The predicted octanol–water partition coefficient (Wildman–Crippen LogP) is 3.29. The van der Waals surface area contributed by atoms with Crippen LogP contribution in [-0.4, -0.2) is 47.3 Å². The molecule has 0 aliphatic carbocycles. The van der Waals surface area contributed by atoms with Crippen molar-refractivity contribution in [1.29, 1.82) is 0 Å². The van der Waals surface area contributed by atoms with Gasteiger partial charge in [0.05, 0.1) is 24.3 Å². The molecule has 1 aliphatic rings. The number of Topliss-reactive ketones (excluding diaryl/α,β-unsaturated/α-hetero) is 1. The zero-order valence-corrected chi connectivity index (χ0v) is 14.5. The second kappa shape index (κ2) is 6.38. The summed E-state index contributed by atoms with van der Waals surface area (Å²) in [6.07, 6.45) is 0. The summed E-state index contributed by atoms with van der Waals surface area (Å²) in [7, 11) is 0. The molecule has 0 unspecified atom stereocenters. The molecule has 0 saturated carbocycles. The van der Waals surface area contributed by atoms with E-state index in [1.54, 1.807) is 6.07 Å². The fraction of sp³-hybridized carbons (Fsp3) is 0.250. The third-order valence-electron chi connectivity index (χ3n) is 4.80. The van der Waals surface area contributed by atoms with Gasteiger partial charge in [0.25, 0.3) is 0 Å². The molecule has 2 aromatic carbocycles. The van der Waals surface area contributed by atoms with Crippen molar-refractivity contribution in [1.82, 2.24) is 4.98 Å². The van der Waals surface area contributed by atoms with E-state index < -0.39 is 0 Å².